The quantitative estimate of drug-likeness (QED) is 0.435. The third kappa shape index (κ3) is 3.76. The summed E-state index contributed by atoms with van der Waals surface area (Å²) < 4.78 is 11.3. The molecule has 0 aliphatic carbocycles. The molecule has 0 bridgehead atoms. The van der Waals surface area contributed by atoms with E-state index in [4.69, 9.17) is 9.15 Å². The average molecular weight is 435 g/mol. The average Bonchev–Trinajstić information content (AvgIpc) is 3.51. The van der Waals surface area contributed by atoms with Gasteiger partial charge in [0.2, 0.25) is 0 Å². The van der Waals surface area contributed by atoms with Crippen molar-refractivity contribution in [3.63, 3.8) is 0 Å². The predicted octanol–water partition coefficient (Wildman–Crippen LogP) is 3.92. The number of carbonyl (C=O) groups excluding carboxylic acids is 2. The Morgan fingerprint density at radius 3 is 2.61 bits per heavy atom. The van der Waals surface area contributed by atoms with E-state index in [0.29, 0.717) is 31.1 Å². The van der Waals surface area contributed by atoms with Crippen LogP contribution in [-0.2, 0) is 11.3 Å². The van der Waals surface area contributed by atoms with E-state index in [1.54, 1.807) is 29.7 Å². The second kappa shape index (κ2) is 8.26. The minimum absolute atomic E-state index is 0.0906. The highest BCUT2D eigenvalue weighted by atomic mass is 32.1. The standard InChI is InChI=1S/C24H22N2O4S/c27-21(19-10-13-31-15-19)8-6-20-7-9-22(30-20)23(28)26-12-11-25(24(26)16-29-17-24)14-18-4-2-1-3-5-18/h1-10,13,15H,11-12,14,16-17H2/b8-6+. The molecule has 1 spiro atoms. The number of ketones is 1. The molecule has 31 heavy (non-hydrogen) atoms. The Morgan fingerprint density at radius 1 is 1.06 bits per heavy atom. The summed E-state index contributed by atoms with van der Waals surface area (Å²) in [5, 5.41) is 3.67. The van der Waals surface area contributed by atoms with Crippen LogP contribution in [0.2, 0.25) is 0 Å². The zero-order valence-electron chi connectivity index (χ0n) is 16.9. The second-order valence-corrected chi connectivity index (χ2v) is 8.53. The Bertz CT molecular complexity index is 1100. The van der Waals surface area contributed by atoms with Crippen molar-refractivity contribution in [2.75, 3.05) is 26.3 Å². The molecule has 2 aliphatic rings. The van der Waals surface area contributed by atoms with Crippen LogP contribution in [0.25, 0.3) is 6.08 Å². The van der Waals surface area contributed by atoms with Crippen molar-refractivity contribution in [1.82, 2.24) is 9.80 Å². The summed E-state index contributed by atoms with van der Waals surface area (Å²) >= 11 is 1.48. The van der Waals surface area contributed by atoms with Gasteiger partial charge in [0, 0.05) is 30.6 Å². The van der Waals surface area contributed by atoms with Crippen LogP contribution in [0, 0.1) is 0 Å². The lowest BCUT2D eigenvalue weighted by atomic mass is 10.0. The number of ether oxygens (including phenoxy) is 1. The van der Waals surface area contributed by atoms with Gasteiger partial charge < -0.3 is 14.1 Å². The van der Waals surface area contributed by atoms with Gasteiger partial charge >= 0.3 is 0 Å². The monoisotopic (exact) mass is 434 g/mol. The van der Waals surface area contributed by atoms with E-state index in [0.717, 1.165) is 13.1 Å². The Morgan fingerprint density at radius 2 is 1.90 bits per heavy atom. The fourth-order valence-electron chi connectivity index (χ4n) is 4.10. The van der Waals surface area contributed by atoms with Crippen molar-refractivity contribution in [3.8, 4) is 0 Å². The van der Waals surface area contributed by atoms with Gasteiger partial charge in [-0.15, -0.1) is 0 Å². The van der Waals surface area contributed by atoms with Crippen molar-refractivity contribution in [2.45, 2.75) is 12.2 Å². The highest BCUT2D eigenvalue weighted by Gasteiger charge is 2.55. The summed E-state index contributed by atoms with van der Waals surface area (Å²) in [5.41, 5.74) is 1.43. The normalized spacial score (nSPS) is 18.0. The van der Waals surface area contributed by atoms with Crippen LogP contribution in [0.1, 0.15) is 32.2 Å². The molecule has 0 unspecified atom stereocenters. The van der Waals surface area contributed by atoms with Crippen molar-refractivity contribution in [3.05, 3.63) is 88.0 Å². The first-order valence-corrected chi connectivity index (χ1v) is 11.1. The number of benzene rings is 1. The van der Waals surface area contributed by atoms with E-state index >= 15 is 0 Å². The highest BCUT2D eigenvalue weighted by molar-refractivity contribution is 7.08. The molecule has 2 fully saturated rings. The number of hydrogen-bond acceptors (Lipinski definition) is 6. The van der Waals surface area contributed by atoms with Gasteiger partial charge in [0.05, 0.1) is 13.2 Å². The number of hydrogen-bond donors (Lipinski definition) is 0. The molecule has 158 valence electrons. The summed E-state index contributed by atoms with van der Waals surface area (Å²) in [6.45, 7) is 3.16. The molecule has 2 aromatic heterocycles. The molecule has 0 radical (unpaired) electrons. The first-order chi connectivity index (χ1) is 15.2. The first-order valence-electron chi connectivity index (χ1n) is 10.2. The lowest BCUT2D eigenvalue weighted by Gasteiger charge is -2.49. The van der Waals surface area contributed by atoms with E-state index < -0.39 is 5.66 Å². The van der Waals surface area contributed by atoms with Gasteiger partial charge in [-0.1, -0.05) is 30.3 Å². The maximum absolute atomic E-state index is 13.3. The molecule has 0 N–H and O–H groups in total. The third-order valence-electron chi connectivity index (χ3n) is 5.85. The van der Waals surface area contributed by atoms with Crippen LogP contribution < -0.4 is 0 Å². The Labute approximate surface area is 184 Å². The van der Waals surface area contributed by atoms with Crippen molar-refractivity contribution in [2.24, 2.45) is 0 Å². The lowest BCUT2D eigenvalue weighted by molar-refractivity contribution is -0.176. The van der Waals surface area contributed by atoms with E-state index in [-0.39, 0.29) is 17.5 Å². The number of rotatable bonds is 6. The summed E-state index contributed by atoms with van der Waals surface area (Å²) in [5.74, 6) is 0.511. The maximum atomic E-state index is 13.3. The maximum Gasteiger partial charge on any atom is 0.291 e. The topological polar surface area (TPSA) is 63.0 Å². The van der Waals surface area contributed by atoms with Gasteiger partial charge in [-0.3, -0.25) is 14.5 Å². The minimum atomic E-state index is -0.426. The van der Waals surface area contributed by atoms with E-state index in [9.17, 15) is 9.59 Å². The molecule has 5 rings (SSSR count). The summed E-state index contributed by atoms with van der Waals surface area (Å²) in [6.07, 6.45) is 3.07. The smallest absolute Gasteiger partial charge is 0.291 e. The highest BCUT2D eigenvalue weighted by Crippen LogP contribution is 2.36. The van der Waals surface area contributed by atoms with Gasteiger partial charge in [-0.2, -0.15) is 11.3 Å². The van der Waals surface area contributed by atoms with Gasteiger partial charge in [-0.25, -0.2) is 0 Å². The molecule has 6 nitrogen and oxygen atoms in total. The van der Waals surface area contributed by atoms with Gasteiger partial charge in [0.1, 0.15) is 11.4 Å². The van der Waals surface area contributed by atoms with Crippen LogP contribution in [0.15, 0.2) is 69.8 Å². The van der Waals surface area contributed by atoms with E-state index in [1.807, 2.05) is 28.5 Å². The van der Waals surface area contributed by atoms with Crippen LogP contribution in [0.4, 0.5) is 0 Å². The number of furan rings is 1. The predicted molar refractivity (Wildman–Crippen MR) is 118 cm³/mol. The molecule has 1 amide bonds. The van der Waals surface area contributed by atoms with E-state index in [1.165, 1.54) is 23.0 Å². The molecule has 2 saturated heterocycles. The summed E-state index contributed by atoms with van der Waals surface area (Å²) in [7, 11) is 0. The van der Waals surface area contributed by atoms with Gasteiger partial charge in [-0.05, 0) is 41.3 Å². The number of carbonyl (C=O) groups is 2. The fraction of sp³-hybridized carbons (Fsp3) is 0.250. The molecular weight excluding hydrogens is 412 g/mol. The molecule has 7 heteroatoms. The largest absolute Gasteiger partial charge is 0.452 e. The fourth-order valence-corrected chi connectivity index (χ4v) is 4.75. The zero-order chi connectivity index (χ0) is 21.3. The van der Waals surface area contributed by atoms with Crippen molar-refractivity contribution in [1.29, 1.82) is 0 Å². The molecule has 3 aromatic rings. The first kappa shape index (κ1) is 19.9. The van der Waals surface area contributed by atoms with Crippen LogP contribution in [0.3, 0.4) is 0 Å². The molecule has 0 saturated carbocycles. The van der Waals surface area contributed by atoms with E-state index in [2.05, 4.69) is 17.0 Å². The molecular formula is C24H22N2O4S. The second-order valence-electron chi connectivity index (χ2n) is 7.75. The van der Waals surface area contributed by atoms with Gasteiger partial charge in [0.15, 0.2) is 11.5 Å². The summed E-state index contributed by atoms with van der Waals surface area (Å²) in [4.78, 5) is 29.6. The zero-order valence-corrected chi connectivity index (χ0v) is 17.7. The molecule has 2 aliphatic heterocycles. The van der Waals surface area contributed by atoms with Crippen LogP contribution in [-0.4, -0.2) is 53.5 Å². The minimum Gasteiger partial charge on any atom is -0.452 e. The van der Waals surface area contributed by atoms with Crippen molar-refractivity contribution < 1.29 is 18.7 Å². The number of nitrogens with zero attached hydrogens (tertiary/aromatic N) is 2. The third-order valence-corrected chi connectivity index (χ3v) is 6.54. The number of amides is 1. The molecule has 1 aromatic carbocycles. The van der Waals surface area contributed by atoms with Crippen LogP contribution in [0.5, 0.6) is 0 Å². The molecule has 0 atom stereocenters. The lowest BCUT2D eigenvalue weighted by Crippen LogP contribution is -2.67. The summed E-state index contributed by atoms with van der Waals surface area (Å²) in [6, 6.07) is 15.4. The van der Waals surface area contributed by atoms with Crippen molar-refractivity contribution >= 4 is 29.1 Å². The Kier molecular flexibility index (Phi) is 5.31. The van der Waals surface area contributed by atoms with Crippen LogP contribution >= 0.6 is 11.3 Å². The Hall–Kier alpha value is -3.00. The Balaban J connectivity index is 1.29. The number of thiophene rings is 1. The molecule has 4 heterocycles. The SMILES string of the molecule is O=C(/C=C/c1ccc(C(=O)N2CCN(Cc3ccccc3)C23COC3)o1)c1ccsc1. The number of allylic oxidation sites excluding steroid dienone is 1. The van der Waals surface area contributed by atoms with Gasteiger partial charge in [0.25, 0.3) is 5.91 Å².